The zero-order chi connectivity index (χ0) is 54.1. The number of benzene rings is 3. The van der Waals surface area contributed by atoms with Crippen LogP contribution in [-0.2, 0) is 39.7 Å². The van der Waals surface area contributed by atoms with E-state index in [0.717, 1.165) is 13.0 Å². The van der Waals surface area contributed by atoms with Crippen molar-refractivity contribution in [2.24, 2.45) is 0 Å². The van der Waals surface area contributed by atoms with Crippen molar-refractivity contribution in [2.75, 3.05) is 44.3 Å². The number of aromatic hydroxyl groups is 1. The first-order valence-electron chi connectivity index (χ1n) is 26.0. The number of hydrogen-bond donors (Lipinski definition) is 3. The molecule has 5 atom stereocenters. The number of esters is 1. The van der Waals surface area contributed by atoms with Crippen molar-refractivity contribution >= 4 is 50.3 Å². The first kappa shape index (κ1) is 49.5. The van der Waals surface area contributed by atoms with E-state index < -0.39 is 47.1 Å². The summed E-state index contributed by atoms with van der Waals surface area (Å²) in [6, 6.07) is 11.3. The molecule has 4 aromatic heterocycles. The summed E-state index contributed by atoms with van der Waals surface area (Å²) in [6.07, 6.45) is 9.37. The van der Waals surface area contributed by atoms with Crippen molar-refractivity contribution in [3.05, 3.63) is 117 Å². The topological polar surface area (TPSA) is 206 Å². The van der Waals surface area contributed by atoms with Gasteiger partial charge in [-0.05, 0) is 92.1 Å². The van der Waals surface area contributed by atoms with Crippen molar-refractivity contribution in [1.82, 2.24) is 34.3 Å². The van der Waals surface area contributed by atoms with Gasteiger partial charge in [-0.1, -0.05) is 25.5 Å². The van der Waals surface area contributed by atoms with Crippen molar-refractivity contribution in [3.63, 3.8) is 0 Å². The van der Waals surface area contributed by atoms with Crippen molar-refractivity contribution in [2.45, 2.75) is 94.6 Å². The third-order valence-corrected chi connectivity index (χ3v) is 17.0. The normalized spacial score (nSPS) is 23.1. The Kier molecular flexibility index (Phi) is 11.6. The van der Waals surface area contributed by atoms with Gasteiger partial charge in [0.25, 0.3) is 11.5 Å². The molecule has 0 spiro atoms. The van der Waals surface area contributed by atoms with Crippen LogP contribution in [0.4, 0.5) is 19.0 Å². The number of phenolic OH excluding ortho intramolecular Hbond substituents is 1. The monoisotopic (exact) mass is 1060 g/mol. The van der Waals surface area contributed by atoms with Crippen molar-refractivity contribution < 1.29 is 52.3 Å². The van der Waals surface area contributed by atoms with Crippen LogP contribution in [0.5, 0.6) is 17.5 Å². The summed E-state index contributed by atoms with van der Waals surface area (Å²) in [7, 11) is 0. The third kappa shape index (κ3) is 7.52. The Labute approximate surface area is 443 Å². The molecule has 20 heteroatoms. The maximum atomic E-state index is 17.4. The number of carbonyl (C=O) groups is 2. The van der Waals surface area contributed by atoms with Gasteiger partial charge in [0.15, 0.2) is 11.4 Å². The minimum Gasteiger partial charge on any atom is -0.508 e. The number of ether oxygens (including phenoxy) is 3. The van der Waals surface area contributed by atoms with Crippen LogP contribution in [-0.4, -0.2) is 125 Å². The number of fused-ring (bicyclic) bond motifs is 10. The van der Waals surface area contributed by atoms with Gasteiger partial charge >= 0.3 is 12.0 Å². The number of phenols is 1. The summed E-state index contributed by atoms with van der Waals surface area (Å²) in [5.74, 6) is 0.123. The molecule has 4 saturated heterocycles. The van der Waals surface area contributed by atoms with Crippen LogP contribution >= 0.6 is 0 Å². The van der Waals surface area contributed by atoms with Crippen LogP contribution in [0, 0.1) is 24.0 Å². The minimum atomic E-state index is -1.99. The fourth-order valence-electron chi connectivity index (χ4n) is 13.1. The lowest BCUT2D eigenvalue weighted by Crippen LogP contribution is -2.56. The molecule has 398 valence electrons. The number of anilines is 1. The van der Waals surface area contributed by atoms with Crippen LogP contribution in [0.1, 0.15) is 73.3 Å². The average Bonchev–Trinajstić information content (AvgIpc) is 4.33. The molecule has 0 radical (unpaired) electrons. The summed E-state index contributed by atoms with van der Waals surface area (Å²) in [4.78, 5) is 65.7. The highest BCUT2D eigenvalue weighted by Crippen LogP contribution is 2.45. The summed E-state index contributed by atoms with van der Waals surface area (Å²) in [5, 5.41) is 34.2. The molecule has 0 aliphatic carbocycles. The molecule has 6 aliphatic heterocycles. The Morgan fingerprint density at radius 1 is 1.00 bits per heavy atom. The van der Waals surface area contributed by atoms with Crippen molar-refractivity contribution in [3.8, 4) is 52.5 Å². The van der Waals surface area contributed by atoms with E-state index in [9.17, 15) is 34.1 Å². The van der Waals surface area contributed by atoms with Gasteiger partial charge in [-0.3, -0.25) is 19.5 Å². The zero-order valence-electron chi connectivity index (χ0n) is 42.3. The number of nitrogens with zero attached hydrogens (tertiary/aromatic N) is 8. The number of terminal acetylenes is 1. The van der Waals surface area contributed by atoms with Gasteiger partial charge in [-0.2, -0.15) is 9.97 Å². The second-order valence-electron chi connectivity index (χ2n) is 21.3. The van der Waals surface area contributed by atoms with Gasteiger partial charge in [-0.25, -0.2) is 22.9 Å². The number of halogens is 3. The molecular weight excluding hydrogens is 1010 g/mol. The standard InChI is InChI=1S/C58H51F3N8O9/c1-4-36-44(60)11-7-30-15-34(71)16-38(47(30)36)50-48(61)51-39(20-62-50)52(65-56(64-51)78-28-57-13-6-14-67(57)21-31(59)19-57)66-22-32-8-9-33(23-66)69(32)53(72)29(3)26-76-35-10-12-45-37(17-35)41(25-70)40-24-68-46(49(40)63-45)18-43-42(54(68)73)27-77-55(74)58(43,75)5-2/h1,7,10-12,15-18,20,31-33,70-71,75H,3,5-6,8-9,13-14,19,21-28H2,2H3/t31-,32?,33?,57+,58+/m1/s1. The van der Waals surface area contributed by atoms with Gasteiger partial charge < -0.3 is 43.9 Å². The number of amides is 1. The van der Waals surface area contributed by atoms with E-state index >= 15 is 8.78 Å². The summed E-state index contributed by atoms with van der Waals surface area (Å²) in [6.45, 7) is 6.72. The molecule has 78 heavy (non-hydrogen) atoms. The fraction of sp³-hybridized carbons (Fsp3) is 0.362. The summed E-state index contributed by atoms with van der Waals surface area (Å²) < 4.78 is 66.7. The number of piperazine rings is 1. The summed E-state index contributed by atoms with van der Waals surface area (Å²) >= 11 is 0. The Morgan fingerprint density at radius 2 is 1.81 bits per heavy atom. The van der Waals surface area contributed by atoms with Gasteiger partial charge in [0.1, 0.15) is 60.3 Å². The Bertz CT molecular complexity index is 3890. The summed E-state index contributed by atoms with van der Waals surface area (Å²) in [5.41, 5.74) is -0.399. The number of alkyl halides is 1. The highest BCUT2D eigenvalue weighted by atomic mass is 19.1. The Balaban J connectivity index is 0.768. The van der Waals surface area contributed by atoms with E-state index in [0.29, 0.717) is 89.3 Å². The average molecular weight is 1060 g/mol. The number of hydrogen-bond acceptors (Lipinski definition) is 15. The third-order valence-electron chi connectivity index (χ3n) is 17.0. The smallest absolute Gasteiger partial charge is 0.343 e. The Hall–Kier alpha value is -8.12. The van der Waals surface area contributed by atoms with E-state index in [1.54, 1.807) is 31.2 Å². The SMILES string of the molecule is C#Cc1c(F)ccc2cc(O)cc(-c3ncc4c(N5CC6CCC(C5)N6C(=O)C(=C)COc5ccc6nc7c(c(CO)c6c5)Cn5c-7cc6c(c5=O)COC(=O)[C@]6(O)CC)nc(OC[C@@]56CCCN5C[C@H](F)C6)nc4c3F)c12. The second-order valence-corrected chi connectivity index (χ2v) is 21.3. The van der Waals surface area contributed by atoms with E-state index in [1.165, 1.54) is 35.0 Å². The number of aliphatic hydroxyl groups is 2. The van der Waals surface area contributed by atoms with Crippen LogP contribution in [0.3, 0.4) is 0 Å². The maximum Gasteiger partial charge on any atom is 0.343 e. The molecule has 2 unspecified atom stereocenters. The molecule has 3 N–H and O–H groups in total. The quantitative estimate of drug-likeness (QED) is 0.0722. The van der Waals surface area contributed by atoms with Crippen LogP contribution < -0.4 is 19.9 Å². The van der Waals surface area contributed by atoms with E-state index in [-0.39, 0.29) is 119 Å². The number of rotatable bonds is 11. The number of cyclic esters (lactones) is 1. The van der Waals surface area contributed by atoms with Crippen LogP contribution in [0.15, 0.2) is 71.7 Å². The molecule has 2 bridgehead atoms. The first-order chi connectivity index (χ1) is 37.6. The lowest BCUT2D eigenvalue weighted by atomic mass is 9.86. The molecule has 0 saturated carbocycles. The van der Waals surface area contributed by atoms with Gasteiger partial charge in [0.2, 0.25) is 0 Å². The molecule has 10 heterocycles. The molecule has 1 amide bonds. The first-order valence-corrected chi connectivity index (χ1v) is 26.0. The van der Waals surface area contributed by atoms with Crippen LogP contribution in [0.25, 0.3) is 55.2 Å². The lowest BCUT2D eigenvalue weighted by Gasteiger charge is -2.42. The van der Waals surface area contributed by atoms with E-state index in [4.69, 9.17) is 30.6 Å². The molecular formula is C58H51F3N8O9. The van der Waals surface area contributed by atoms with Gasteiger partial charge in [-0.15, -0.1) is 6.42 Å². The Morgan fingerprint density at radius 3 is 2.58 bits per heavy atom. The second kappa shape index (κ2) is 18.2. The van der Waals surface area contributed by atoms with E-state index in [1.807, 2.05) is 9.80 Å². The lowest BCUT2D eigenvalue weighted by molar-refractivity contribution is -0.172. The van der Waals surface area contributed by atoms with Crippen LogP contribution in [0.2, 0.25) is 0 Å². The maximum absolute atomic E-state index is 17.4. The minimum absolute atomic E-state index is 0.00163. The zero-order valence-corrected chi connectivity index (χ0v) is 42.3. The fourth-order valence-corrected chi connectivity index (χ4v) is 13.1. The van der Waals surface area contributed by atoms with E-state index in [2.05, 4.69) is 27.4 Å². The van der Waals surface area contributed by atoms with Gasteiger partial charge in [0.05, 0.1) is 64.2 Å². The molecule has 13 rings (SSSR count). The molecule has 7 aromatic rings. The number of aliphatic hydroxyl groups excluding tert-OH is 1. The molecule has 4 fully saturated rings. The van der Waals surface area contributed by atoms with Gasteiger partial charge in [0, 0.05) is 65.3 Å². The predicted octanol–water partition coefficient (Wildman–Crippen LogP) is 6.47. The molecule has 6 aliphatic rings. The largest absolute Gasteiger partial charge is 0.508 e. The number of carbonyl (C=O) groups excluding carboxylic acids is 2. The molecule has 17 nitrogen and oxygen atoms in total. The highest BCUT2D eigenvalue weighted by molar-refractivity contribution is 6.03. The highest BCUT2D eigenvalue weighted by Gasteiger charge is 2.50. The number of aromatic nitrogens is 5. The predicted molar refractivity (Wildman–Crippen MR) is 279 cm³/mol. The van der Waals surface area contributed by atoms with Crippen molar-refractivity contribution in [1.29, 1.82) is 0 Å². The molecule has 3 aromatic carbocycles. The number of pyridine rings is 3.